The molecule has 0 aromatic heterocycles. The number of fused-ring (bicyclic) bond motifs is 1. The third-order valence-corrected chi connectivity index (χ3v) is 12.9. The second-order valence-electron chi connectivity index (χ2n) is 16.5. The van der Waals surface area contributed by atoms with Crippen molar-refractivity contribution in [2.45, 2.75) is 112 Å². The molecule has 2 nitrogen and oxygen atoms in total. The number of allylic oxidation sites excluding steroid dienone is 12. The van der Waals surface area contributed by atoms with Crippen LogP contribution >= 0.6 is 11.8 Å². The van der Waals surface area contributed by atoms with Crippen LogP contribution in [0.5, 0.6) is 0 Å². The Bertz CT molecular complexity index is 2280. The molecular weight excluding hydrogens is 757 g/mol. The van der Waals surface area contributed by atoms with E-state index >= 15 is 0 Å². The van der Waals surface area contributed by atoms with E-state index < -0.39 is 5.54 Å². The molecule has 2 aliphatic rings. The Kier molecular flexibility index (Phi) is 18.3. The van der Waals surface area contributed by atoms with Crippen LogP contribution in [0.2, 0.25) is 0 Å². The van der Waals surface area contributed by atoms with Gasteiger partial charge in [-0.2, -0.15) is 0 Å². The summed E-state index contributed by atoms with van der Waals surface area (Å²) in [5.74, 6) is 1.54. The Morgan fingerprint density at radius 1 is 0.984 bits per heavy atom. The van der Waals surface area contributed by atoms with Crippen LogP contribution in [0.1, 0.15) is 126 Å². The lowest BCUT2D eigenvalue weighted by atomic mass is 9.78. The van der Waals surface area contributed by atoms with E-state index in [0.29, 0.717) is 5.92 Å². The van der Waals surface area contributed by atoms with Crippen molar-refractivity contribution in [1.29, 1.82) is 0 Å². The summed E-state index contributed by atoms with van der Waals surface area (Å²) in [4.78, 5) is 7.02. The smallest absolute Gasteiger partial charge is 0.110 e. The summed E-state index contributed by atoms with van der Waals surface area (Å²) < 4.78 is 0. The lowest BCUT2D eigenvalue weighted by molar-refractivity contribution is 0.487. The van der Waals surface area contributed by atoms with Crippen molar-refractivity contribution in [2.75, 3.05) is 5.75 Å². The highest BCUT2D eigenvalue weighted by Gasteiger charge is 2.33. The van der Waals surface area contributed by atoms with E-state index in [9.17, 15) is 0 Å². The van der Waals surface area contributed by atoms with Gasteiger partial charge in [0.15, 0.2) is 0 Å². The monoisotopic (exact) mass is 827 g/mol. The van der Waals surface area contributed by atoms with Crippen LogP contribution in [0.15, 0.2) is 166 Å². The van der Waals surface area contributed by atoms with Crippen LogP contribution in [0.4, 0.5) is 0 Å². The molecule has 1 heterocycles. The second-order valence-corrected chi connectivity index (χ2v) is 17.6. The van der Waals surface area contributed by atoms with Gasteiger partial charge in [-0.15, -0.1) is 11.8 Å². The highest BCUT2D eigenvalue weighted by atomic mass is 32.2. The Morgan fingerprint density at radius 2 is 1.79 bits per heavy atom. The van der Waals surface area contributed by atoms with Crippen LogP contribution < -0.4 is 5.73 Å². The molecule has 3 aromatic carbocycles. The summed E-state index contributed by atoms with van der Waals surface area (Å²) in [6, 6.07) is 20.5. The lowest BCUT2D eigenvalue weighted by Crippen LogP contribution is -2.26. The van der Waals surface area contributed by atoms with Crippen LogP contribution in [0, 0.1) is 5.92 Å². The number of benzene rings is 3. The van der Waals surface area contributed by atoms with E-state index in [2.05, 4.69) is 188 Å². The lowest BCUT2D eigenvalue weighted by Gasteiger charge is -2.32. The average Bonchev–Trinajstić information content (AvgIpc) is 3.38. The van der Waals surface area contributed by atoms with Crippen molar-refractivity contribution in [2.24, 2.45) is 16.6 Å². The number of nitrogens with two attached hydrogens (primary N) is 1. The molecule has 1 atom stereocenters. The van der Waals surface area contributed by atoms with Gasteiger partial charge in [0.25, 0.3) is 0 Å². The standard InChI is InChI=1S/C58H70N2S/c1-9-21-49(41-59)47-24-20-36-61-57(14-6)48(33-32-47)31-30-44-37-45(42-60-58(35-12-4,51(22-10-2)23-11-3)52-25-16-15-17-26-52)39-50(38-44)56-40-46(13-5)53(34-29-43(7)8)54-27-18-19-28-55(54)56/h9-10,13-17,19-26,28,31-32,37-43H,5,11-12,18,27,29-30,33-36,59H2,1-4,6-8H3/b21-9-,22-10-,24-20-,47-32+,48-31-,49-41+,51-23+,57-14+,60-42?. The highest BCUT2D eigenvalue weighted by molar-refractivity contribution is 8.03. The predicted octanol–water partition coefficient (Wildman–Crippen LogP) is 16.0. The minimum atomic E-state index is -0.510. The van der Waals surface area contributed by atoms with Gasteiger partial charge in [-0.25, -0.2) is 0 Å². The number of hydrogen-bond acceptors (Lipinski definition) is 3. The van der Waals surface area contributed by atoms with E-state index in [1.54, 1.807) is 6.20 Å². The summed E-state index contributed by atoms with van der Waals surface area (Å²) in [7, 11) is 0. The topological polar surface area (TPSA) is 38.4 Å². The first-order valence-electron chi connectivity index (χ1n) is 22.7. The fourth-order valence-corrected chi connectivity index (χ4v) is 9.66. The number of aliphatic imine (C=N–C) groups is 1. The first-order valence-corrected chi connectivity index (χ1v) is 23.7. The molecule has 0 radical (unpaired) electrons. The second kappa shape index (κ2) is 23.8. The molecule has 0 spiro atoms. The molecular formula is C58H70N2S. The third-order valence-electron chi connectivity index (χ3n) is 11.7. The largest absolute Gasteiger partial charge is 0.404 e. The molecule has 1 unspecified atom stereocenters. The molecule has 5 rings (SSSR count). The molecule has 0 saturated carbocycles. The van der Waals surface area contributed by atoms with Crippen molar-refractivity contribution in [3.63, 3.8) is 0 Å². The normalized spacial score (nSPS) is 19.0. The van der Waals surface area contributed by atoms with Crippen LogP contribution in [-0.2, 0) is 24.8 Å². The average molecular weight is 827 g/mol. The van der Waals surface area contributed by atoms with Gasteiger partial charge >= 0.3 is 0 Å². The van der Waals surface area contributed by atoms with Gasteiger partial charge in [-0.1, -0.05) is 156 Å². The molecule has 0 fully saturated rings. The summed E-state index contributed by atoms with van der Waals surface area (Å²) >= 11 is 1.90. The van der Waals surface area contributed by atoms with Crippen LogP contribution in [0.25, 0.3) is 23.3 Å². The number of thioether (sulfide) groups is 1. The Hall–Kier alpha value is -5.12. The Balaban J connectivity index is 1.73. The predicted molar refractivity (Wildman–Crippen MR) is 273 cm³/mol. The van der Waals surface area contributed by atoms with E-state index in [1.807, 2.05) is 18.7 Å². The van der Waals surface area contributed by atoms with Gasteiger partial charge in [-0.05, 0) is 169 Å². The molecule has 0 saturated heterocycles. The van der Waals surface area contributed by atoms with Crippen molar-refractivity contribution in [1.82, 2.24) is 0 Å². The zero-order valence-electron chi connectivity index (χ0n) is 38.1. The van der Waals surface area contributed by atoms with E-state index in [-0.39, 0.29) is 0 Å². The summed E-state index contributed by atoms with van der Waals surface area (Å²) in [5, 5.41) is 0. The fourth-order valence-electron chi connectivity index (χ4n) is 8.77. The van der Waals surface area contributed by atoms with Gasteiger partial charge in [0, 0.05) is 23.1 Å². The summed E-state index contributed by atoms with van der Waals surface area (Å²) in [6.45, 7) is 19.8. The summed E-state index contributed by atoms with van der Waals surface area (Å²) in [5.41, 5.74) is 22.1. The van der Waals surface area contributed by atoms with Crippen molar-refractivity contribution in [3.05, 3.63) is 200 Å². The zero-order chi connectivity index (χ0) is 43.6. The maximum Gasteiger partial charge on any atom is 0.110 e. The molecule has 3 aromatic rings. The minimum absolute atomic E-state index is 0.510. The van der Waals surface area contributed by atoms with E-state index in [1.165, 1.54) is 67.0 Å². The van der Waals surface area contributed by atoms with Crippen molar-refractivity contribution >= 4 is 30.1 Å². The molecule has 61 heavy (non-hydrogen) atoms. The Morgan fingerprint density at radius 3 is 2.48 bits per heavy atom. The zero-order valence-corrected chi connectivity index (χ0v) is 39.0. The van der Waals surface area contributed by atoms with Crippen molar-refractivity contribution < 1.29 is 0 Å². The minimum Gasteiger partial charge on any atom is -0.404 e. The van der Waals surface area contributed by atoms with Gasteiger partial charge in [0.05, 0.1) is 0 Å². The molecule has 318 valence electrons. The van der Waals surface area contributed by atoms with E-state index in [4.69, 9.17) is 10.7 Å². The first-order chi connectivity index (χ1) is 29.7. The number of rotatable bonds is 17. The first kappa shape index (κ1) is 46.9. The Labute approximate surface area is 374 Å². The van der Waals surface area contributed by atoms with Gasteiger partial charge in [0.1, 0.15) is 5.54 Å². The van der Waals surface area contributed by atoms with Gasteiger partial charge in [-0.3, -0.25) is 4.99 Å². The maximum atomic E-state index is 6.12. The van der Waals surface area contributed by atoms with Gasteiger partial charge in [0.2, 0.25) is 0 Å². The number of nitrogens with zero attached hydrogens (tertiary/aromatic N) is 1. The van der Waals surface area contributed by atoms with Gasteiger partial charge < -0.3 is 5.73 Å². The molecule has 0 bridgehead atoms. The molecule has 3 heteroatoms. The molecule has 1 aliphatic heterocycles. The maximum absolute atomic E-state index is 6.12. The molecule has 2 N–H and O–H groups in total. The summed E-state index contributed by atoms with van der Waals surface area (Å²) in [6.07, 6.45) is 42.0. The van der Waals surface area contributed by atoms with Crippen LogP contribution in [0.3, 0.4) is 0 Å². The number of hydrogen-bond donors (Lipinski definition) is 1. The van der Waals surface area contributed by atoms with Crippen LogP contribution in [-0.4, -0.2) is 12.0 Å². The molecule has 1 aliphatic carbocycles. The molecule has 0 amide bonds. The SMILES string of the molecule is C=Cc1cc(-c2cc(C=NC(CCC)(C(/C=C\C)=C/CC)c3ccccc3)cc(C/C=C3/C/C=C(C(/C=C\C)=C/N)\C=C/CS/C3=C/C)c2)c2c(c1CCC(C)C)CCC=C2. The highest BCUT2D eigenvalue weighted by Crippen LogP contribution is 2.41. The van der Waals surface area contributed by atoms with E-state index in [0.717, 1.165) is 73.8 Å². The quantitative estimate of drug-likeness (QED) is 0.109. The van der Waals surface area contributed by atoms with Crippen molar-refractivity contribution in [3.8, 4) is 11.1 Å². The third kappa shape index (κ3) is 12.0. The fraction of sp³-hybridized carbons (Fsp3) is 0.328.